The first-order valence-corrected chi connectivity index (χ1v) is 7.71. The van der Waals surface area contributed by atoms with E-state index in [1.165, 1.54) is 7.11 Å². The van der Waals surface area contributed by atoms with Gasteiger partial charge < -0.3 is 20.3 Å². The zero-order valence-corrected chi connectivity index (χ0v) is 14.9. The molecule has 1 aliphatic rings. The van der Waals surface area contributed by atoms with Crippen LogP contribution < -0.4 is 10.6 Å². The highest BCUT2D eigenvalue weighted by Gasteiger charge is 2.31. The molecular weight excluding hydrogens is 306 g/mol. The Morgan fingerprint density at radius 3 is 2.59 bits per heavy atom. The number of methoxy groups -OCH3 is 1. The summed E-state index contributed by atoms with van der Waals surface area (Å²) in [6, 6.07) is -0.471. The Labute approximate surface area is 139 Å². The molecule has 0 aromatic heterocycles. The normalized spacial score (nSPS) is 19.5. The lowest BCUT2D eigenvalue weighted by Gasteiger charge is -2.36. The maximum atomic E-state index is 12.7. The predicted octanol–water partition coefficient (Wildman–Crippen LogP) is 0.653. The van der Waals surface area contributed by atoms with Crippen molar-refractivity contribution in [2.45, 2.75) is 32.7 Å². The zero-order valence-electron chi connectivity index (χ0n) is 14.1. The number of ether oxygens (including phenoxy) is 1. The van der Waals surface area contributed by atoms with E-state index in [0.29, 0.717) is 5.92 Å². The molecular formula is C15H30ClN3O3. The third-order valence-corrected chi connectivity index (χ3v) is 3.85. The molecule has 1 rings (SSSR count). The van der Waals surface area contributed by atoms with Crippen LogP contribution in [0.2, 0.25) is 0 Å². The summed E-state index contributed by atoms with van der Waals surface area (Å²) in [4.78, 5) is 26.3. The molecule has 7 heteroatoms. The third kappa shape index (κ3) is 6.50. The summed E-state index contributed by atoms with van der Waals surface area (Å²) in [6.45, 7) is 6.35. The number of halogens is 1. The largest absolute Gasteiger partial charge is 0.375 e. The summed E-state index contributed by atoms with van der Waals surface area (Å²) < 4.78 is 4.81. The van der Waals surface area contributed by atoms with Crippen LogP contribution in [0.1, 0.15) is 26.7 Å². The molecule has 0 saturated carbocycles. The van der Waals surface area contributed by atoms with E-state index in [1.54, 1.807) is 0 Å². The van der Waals surface area contributed by atoms with Crippen LogP contribution in [-0.4, -0.2) is 63.2 Å². The van der Waals surface area contributed by atoms with Crippen molar-refractivity contribution >= 4 is 24.2 Å². The van der Waals surface area contributed by atoms with Gasteiger partial charge >= 0.3 is 0 Å². The zero-order chi connectivity index (χ0) is 15.8. The van der Waals surface area contributed by atoms with Crippen LogP contribution in [0.5, 0.6) is 0 Å². The molecule has 0 radical (unpaired) electrons. The molecule has 1 fully saturated rings. The first kappa shape index (κ1) is 21.1. The van der Waals surface area contributed by atoms with Gasteiger partial charge in [0, 0.05) is 20.2 Å². The standard InChI is InChI=1S/C15H29N3O3.ClH/c1-11(2)14(17-13(19)10-21-4)15(20)18-7-5-6-12(9-18)8-16-3;/h11-12,14,16H,5-10H2,1-4H3,(H,17,19);1H/t12?,14-;/m0./s1. The lowest BCUT2D eigenvalue weighted by Crippen LogP contribution is -2.54. The van der Waals surface area contributed by atoms with E-state index in [9.17, 15) is 9.59 Å². The molecule has 22 heavy (non-hydrogen) atoms. The van der Waals surface area contributed by atoms with Gasteiger partial charge in [0.15, 0.2) is 0 Å². The first-order valence-electron chi connectivity index (χ1n) is 7.71. The van der Waals surface area contributed by atoms with E-state index < -0.39 is 6.04 Å². The van der Waals surface area contributed by atoms with Crippen LogP contribution in [0.25, 0.3) is 0 Å². The van der Waals surface area contributed by atoms with Gasteiger partial charge in [-0.2, -0.15) is 0 Å². The number of rotatable bonds is 7. The molecule has 1 heterocycles. The van der Waals surface area contributed by atoms with Crippen LogP contribution in [0.15, 0.2) is 0 Å². The smallest absolute Gasteiger partial charge is 0.246 e. The summed E-state index contributed by atoms with van der Waals surface area (Å²) in [5, 5.41) is 5.96. The van der Waals surface area contributed by atoms with E-state index in [4.69, 9.17) is 4.74 Å². The van der Waals surface area contributed by atoms with Crippen molar-refractivity contribution in [3.05, 3.63) is 0 Å². The Kier molecular flexibility index (Phi) is 10.4. The molecule has 130 valence electrons. The molecule has 2 N–H and O–H groups in total. The fourth-order valence-corrected chi connectivity index (χ4v) is 2.78. The van der Waals surface area contributed by atoms with Gasteiger partial charge in [-0.05, 0) is 38.3 Å². The van der Waals surface area contributed by atoms with Crippen molar-refractivity contribution in [1.29, 1.82) is 0 Å². The van der Waals surface area contributed by atoms with Crippen molar-refractivity contribution in [3.8, 4) is 0 Å². The van der Waals surface area contributed by atoms with E-state index in [2.05, 4.69) is 10.6 Å². The van der Waals surface area contributed by atoms with Gasteiger partial charge in [-0.3, -0.25) is 9.59 Å². The van der Waals surface area contributed by atoms with Gasteiger partial charge in [-0.25, -0.2) is 0 Å². The fraction of sp³-hybridized carbons (Fsp3) is 0.867. The van der Waals surface area contributed by atoms with E-state index in [1.807, 2.05) is 25.8 Å². The minimum atomic E-state index is -0.471. The van der Waals surface area contributed by atoms with E-state index in [0.717, 1.165) is 32.5 Å². The van der Waals surface area contributed by atoms with Gasteiger partial charge in [0.25, 0.3) is 0 Å². The Morgan fingerprint density at radius 1 is 1.36 bits per heavy atom. The minimum Gasteiger partial charge on any atom is -0.375 e. The number of nitrogens with one attached hydrogen (secondary N) is 2. The lowest BCUT2D eigenvalue weighted by atomic mass is 9.95. The molecule has 0 aromatic rings. The number of hydrogen-bond acceptors (Lipinski definition) is 4. The molecule has 0 aliphatic carbocycles. The number of nitrogens with zero attached hydrogens (tertiary/aromatic N) is 1. The van der Waals surface area contributed by atoms with Gasteiger partial charge in [0.05, 0.1) is 0 Å². The average Bonchev–Trinajstić information content (AvgIpc) is 2.45. The molecule has 2 atom stereocenters. The van der Waals surface area contributed by atoms with E-state index in [-0.39, 0.29) is 36.7 Å². The average molecular weight is 336 g/mol. The second-order valence-corrected chi connectivity index (χ2v) is 6.07. The number of likely N-dealkylation sites (tertiary alicyclic amines) is 1. The Hall–Kier alpha value is -0.850. The third-order valence-electron chi connectivity index (χ3n) is 3.85. The van der Waals surface area contributed by atoms with Crippen LogP contribution in [-0.2, 0) is 14.3 Å². The summed E-state index contributed by atoms with van der Waals surface area (Å²) in [5.41, 5.74) is 0. The fourth-order valence-electron chi connectivity index (χ4n) is 2.78. The van der Waals surface area contributed by atoms with Crippen LogP contribution in [0, 0.1) is 11.8 Å². The molecule has 2 amide bonds. The van der Waals surface area contributed by atoms with Gasteiger partial charge in [0.1, 0.15) is 12.6 Å². The topological polar surface area (TPSA) is 70.7 Å². The number of hydrogen-bond donors (Lipinski definition) is 2. The number of carbonyl (C=O) groups is 2. The van der Waals surface area contributed by atoms with Crippen molar-refractivity contribution in [3.63, 3.8) is 0 Å². The van der Waals surface area contributed by atoms with Crippen molar-refractivity contribution < 1.29 is 14.3 Å². The highest BCUT2D eigenvalue weighted by atomic mass is 35.5. The number of piperidine rings is 1. The second-order valence-electron chi connectivity index (χ2n) is 6.07. The monoisotopic (exact) mass is 335 g/mol. The first-order chi connectivity index (χ1) is 9.99. The van der Waals surface area contributed by atoms with Crippen molar-refractivity contribution in [1.82, 2.24) is 15.5 Å². The Bertz CT molecular complexity index is 351. The molecule has 0 aromatic carbocycles. The molecule has 1 aliphatic heterocycles. The van der Waals surface area contributed by atoms with Crippen LogP contribution in [0.4, 0.5) is 0 Å². The Balaban J connectivity index is 0.00000441. The van der Waals surface area contributed by atoms with Crippen molar-refractivity contribution in [2.24, 2.45) is 11.8 Å². The lowest BCUT2D eigenvalue weighted by molar-refractivity contribution is -0.140. The summed E-state index contributed by atoms with van der Waals surface area (Å²) in [7, 11) is 3.40. The molecule has 0 bridgehead atoms. The number of carbonyl (C=O) groups excluding carboxylic acids is 2. The SMILES string of the molecule is CNCC1CCCN(C(=O)[C@@H](NC(=O)COC)C(C)C)C1.Cl. The van der Waals surface area contributed by atoms with Crippen LogP contribution >= 0.6 is 12.4 Å². The maximum Gasteiger partial charge on any atom is 0.246 e. The van der Waals surface area contributed by atoms with E-state index >= 15 is 0 Å². The van der Waals surface area contributed by atoms with Gasteiger partial charge in [-0.15, -0.1) is 12.4 Å². The molecule has 1 saturated heterocycles. The van der Waals surface area contributed by atoms with Gasteiger partial charge in [-0.1, -0.05) is 13.8 Å². The van der Waals surface area contributed by atoms with Gasteiger partial charge in [0.2, 0.25) is 11.8 Å². The quantitative estimate of drug-likeness (QED) is 0.717. The van der Waals surface area contributed by atoms with Crippen LogP contribution in [0.3, 0.4) is 0 Å². The summed E-state index contributed by atoms with van der Waals surface area (Å²) in [6.07, 6.45) is 2.17. The second kappa shape index (κ2) is 10.8. The molecule has 0 spiro atoms. The molecule has 1 unspecified atom stereocenters. The summed E-state index contributed by atoms with van der Waals surface area (Å²) >= 11 is 0. The number of amides is 2. The highest BCUT2D eigenvalue weighted by Crippen LogP contribution is 2.18. The van der Waals surface area contributed by atoms with Crippen molar-refractivity contribution in [2.75, 3.05) is 40.4 Å². The maximum absolute atomic E-state index is 12.7. The predicted molar refractivity (Wildman–Crippen MR) is 89.1 cm³/mol. The minimum absolute atomic E-state index is 0. The molecule has 6 nitrogen and oxygen atoms in total. The highest BCUT2D eigenvalue weighted by molar-refractivity contribution is 5.88. The summed E-state index contributed by atoms with van der Waals surface area (Å²) in [5.74, 6) is 0.335. The Morgan fingerprint density at radius 2 is 2.05 bits per heavy atom.